The lowest BCUT2D eigenvalue weighted by atomic mass is 9.98. The fourth-order valence-corrected chi connectivity index (χ4v) is 9.53. The minimum Gasteiger partial charge on any atom is -0.494 e. The van der Waals surface area contributed by atoms with Crippen LogP contribution < -0.4 is 40.7 Å². The first kappa shape index (κ1) is 41.1. The van der Waals surface area contributed by atoms with Gasteiger partial charge >= 0.3 is 6.03 Å². The number of nitrogens with zero attached hydrogens (tertiary/aromatic N) is 8. The highest BCUT2D eigenvalue weighted by atomic mass is 35.5. The number of carbonyl (C=O) groups excluding carboxylic acids is 2. The van der Waals surface area contributed by atoms with Crippen molar-refractivity contribution in [3.63, 3.8) is 0 Å². The van der Waals surface area contributed by atoms with Crippen LogP contribution in [0.3, 0.4) is 0 Å². The summed E-state index contributed by atoms with van der Waals surface area (Å²) in [6.07, 6.45) is 7.46. The number of carbonyl (C=O) groups is 2. The molecule has 3 N–H and O–H groups in total. The van der Waals surface area contributed by atoms with Crippen LogP contribution in [-0.2, 0) is 16.4 Å². The molecular formula is C42H48ClFN11O4P. The second-order valence-corrected chi connectivity index (χ2v) is 19.2. The highest BCUT2D eigenvalue weighted by molar-refractivity contribution is 7.70. The summed E-state index contributed by atoms with van der Waals surface area (Å²) in [5, 5.41) is 14.4. The molecule has 3 aliphatic heterocycles. The van der Waals surface area contributed by atoms with Gasteiger partial charge in [0.2, 0.25) is 11.9 Å². The summed E-state index contributed by atoms with van der Waals surface area (Å²) in [4.78, 5) is 41.4. The number of benzene rings is 3. The van der Waals surface area contributed by atoms with Crippen LogP contribution in [0.1, 0.15) is 19.3 Å². The van der Waals surface area contributed by atoms with E-state index < -0.39 is 13.2 Å². The average molecular weight is 856 g/mol. The summed E-state index contributed by atoms with van der Waals surface area (Å²) in [6, 6.07) is 16.2. The first-order chi connectivity index (χ1) is 28.8. The number of hydrogen-bond donors (Lipinski definition) is 3. The molecule has 0 bridgehead atoms. The van der Waals surface area contributed by atoms with Crippen LogP contribution in [0.5, 0.6) is 5.75 Å². The molecule has 0 unspecified atom stereocenters. The molecule has 0 saturated carbocycles. The number of imide groups is 1. The zero-order valence-corrected chi connectivity index (χ0v) is 35.6. The molecule has 8 rings (SSSR count). The lowest BCUT2D eigenvalue weighted by Crippen LogP contribution is -2.53. The van der Waals surface area contributed by atoms with Gasteiger partial charge in [0.25, 0.3) is 0 Å². The fourth-order valence-electron chi connectivity index (χ4n) is 8.23. The first-order valence-electron chi connectivity index (χ1n) is 19.9. The van der Waals surface area contributed by atoms with Crippen molar-refractivity contribution in [2.24, 2.45) is 7.05 Å². The van der Waals surface area contributed by atoms with Crippen molar-refractivity contribution >= 4 is 76.2 Å². The molecule has 2 aromatic heterocycles. The van der Waals surface area contributed by atoms with Crippen molar-refractivity contribution in [1.29, 1.82) is 0 Å². The number of anilines is 7. The van der Waals surface area contributed by atoms with Gasteiger partial charge in [-0.2, -0.15) is 10.1 Å². The maximum Gasteiger partial charge on any atom is 0.328 e. The second kappa shape index (κ2) is 17.1. The van der Waals surface area contributed by atoms with E-state index in [1.54, 1.807) is 37.3 Å². The topological polar surface area (TPSA) is 153 Å². The van der Waals surface area contributed by atoms with E-state index in [1.807, 2.05) is 55.8 Å². The summed E-state index contributed by atoms with van der Waals surface area (Å²) < 4.78 is 36.2. The zero-order chi connectivity index (χ0) is 42.1. The van der Waals surface area contributed by atoms with Crippen molar-refractivity contribution in [2.45, 2.75) is 25.3 Å². The van der Waals surface area contributed by atoms with Crippen LogP contribution in [0.2, 0.25) is 5.02 Å². The average Bonchev–Trinajstić information content (AvgIpc) is 3.67. The molecule has 0 atom stereocenters. The molecule has 3 aliphatic rings. The minimum atomic E-state index is -2.59. The third-order valence-corrected chi connectivity index (χ3v) is 13.2. The van der Waals surface area contributed by atoms with Gasteiger partial charge in [0.1, 0.15) is 23.7 Å². The largest absolute Gasteiger partial charge is 0.494 e. The van der Waals surface area contributed by atoms with E-state index in [9.17, 15) is 14.2 Å². The smallest absolute Gasteiger partial charge is 0.328 e. The number of hydrogen-bond acceptors (Lipinski definition) is 12. The number of ether oxygens (including phenoxy) is 1. The summed E-state index contributed by atoms with van der Waals surface area (Å²) >= 11 is 6.56. The Morgan fingerprint density at radius 3 is 2.33 bits per heavy atom. The number of para-hydroxylation sites is 1. The van der Waals surface area contributed by atoms with Crippen molar-refractivity contribution < 1.29 is 23.3 Å². The number of urea groups is 1. The molecule has 3 aromatic carbocycles. The number of halogens is 2. The fraction of sp³-hybridized carbons (Fsp3) is 0.357. The molecule has 3 saturated heterocycles. The van der Waals surface area contributed by atoms with Crippen LogP contribution in [0, 0.1) is 5.82 Å². The molecule has 60 heavy (non-hydrogen) atoms. The quantitative estimate of drug-likeness (QED) is 0.122. The predicted molar refractivity (Wildman–Crippen MR) is 235 cm³/mol. The normalized spacial score (nSPS) is 16.9. The molecular weight excluding hydrogens is 808 g/mol. The Morgan fingerprint density at radius 2 is 1.65 bits per heavy atom. The Kier molecular flexibility index (Phi) is 11.7. The van der Waals surface area contributed by atoms with Gasteiger partial charge in [-0.05, 0) is 62.6 Å². The van der Waals surface area contributed by atoms with Crippen LogP contribution in [0.4, 0.5) is 49.4 Å². The van der Waals surface area contributed by atoms with E-state index in [0.717, 1.165) is 55.8 Å². The van der Waals surface area contributed by atoms with E-state index in [0.29, 0.717) is 69.7 Å². The van der Waals surface area contributed by atoms with E-state index >= 15 is 4.39 Å². The Hall–Kier alpha value is -5.70. The van der Waals surface area contributed by atoms with E-state index in [-0.39, 0.29) is 24.7 Å². The minimum absolute atomic E-state index is 0.183. The summed E-state index contributed by atoms with van der Waals surface area (Å²) in [5.41, 5.74) is 5.23. The summed E-state index contributed by atoms with van der Waals surface area (Å²) in [7, 11) is 0.937. The SMILES string of the molecule is COc1cc(N2CCC(N3CCN(c4ccc(N5CCC(=O)NC5=O)cc4F)CC3)CC2)c(-c2cnn(C)c2)cc1Nc1ncc(Cl)c(Nc2ccccc2P(C)(C)=O)n1. The van der Waals surface area contributed by atoms with Crippen LogP contribution in [-0.4, -0.2) is 109 Å². The van der Waals surface area contributed by atoms with Gasteiger partial charge in [0.05, 0.1) is 36.6 Å². The molecule has 18 heteroatoms. The first-order valence-corrected chi connectivity index (χ1v) is 22.9. The third-order valence-electron chi connectivity index (χ3n) is 11.3. The lowest BCUT2D eigenvalue weighted by Gasteiger charge is -2.44. The highest BCUT2D eigenvalue weighted by Gasteiger charge is 2.31. The van der Waals surface area contributed by atoms with Gasteiger partial charge in [0.15, 0.2) is 5.82 Å². The van der Waals surface area contributed by atoms with Gasteiger partial charge < -0.3 is 29.7 Å². The number of piperidine rings is 1. The molecule has 3 amide bonds. The lowest BCUT2D eigenvalue weighted by molar-refractivity contribution is -0.120. The van der Waals surface area contributed by atoms with E-state index in [4.69, 9.17) is 21.3 Å². The predicted octanol–water partition coefficient (Wildman–Crippen LogP) is 6.65. The Morgan fingerprint density at radius 1 is 0.900 bits per heavy atom. The maximum absolute atomic E-state index is 15.4. The second-order valence-electron chi connectivity index (χ2n) is 15.6. The van der Waals surface area contributed by atoms with Crippen molar-refractivity contribution in [1.82, 2.24) is 30.0 Å². The van der Waals surface area contributed by atoms with Crippen LogP contribution in [0.15, 0.2) is 73.2 Å². The summed E-state index contributed by atoms with van der Waals surface area (Å²) in [5.74, 6) is 0.571. The number of amides is 3. The van der Waals surface area contributed by atoms with E-state index in [2.05, 4.69) is 40.7 Å². The van der Waals surface area contributed by atoms with Gasteiger partial charge in [-0.1, -0.05) is 23.7 Å². The zero-order valence-electron chi connectivity index (χ0n) is 34.0. The highest BCUT2D eigenvalue weighted by Crippen LogP contribution is 2.42. The van der Waals surface area contributed by atoms with Gasteiger partial charge in [0, 0.05) is 105 Å². The summed E-state index contributed by atoms with van der Waals surface area (Å²) in [6.45, 7) is 8.34. The van der Waals surface area contributed by atoms with Gasteiger partial charge in [-0.25, -0.2) is 14.2 Å². The van der Waals surface area contributed by atoms with Crippen molar-refractivity contribution in [3.8, 4) is 16.9 Å². The van der Waals surface area contributed by atoms with Crippen molar-refractivity contribution in [2.75, 3.05) is 91.6 Å². The molecule has 0 aliphatic carbocycles. The Labute approximate surface area is 353 Å². The molecule has 0 radical (unpaired) electrons. The van der Waals surface area contributed by atoms with Crippen molar-refractivity contribution in [3.05, 3.63) is 84.0 Å². The molecule has 5 aromatic rings. The standard InChI is InChI=1S/C42H48ClFN11O4P/c1-51-26-27(24-46-51)30-22-34(48-41-45-25-31(43)40(50-41)47-33-7-5-6-8-38(33)60(3,4)58)37(59-2)23-36(30)53-14-11-28(12-15-53)52-17-19-54(20-18-52)35-10-9-29(21-32(35)44)55-16-13-39(56)49-42(55)57/h5-10,21-26,28H,11-20H2,1-4H3,(H,49,56,57)(H2,45,47,48,50). The Balaban J connectivity index is 0.951. The maximum atomic E-state index is 15.4. The molecule has 5 heterocycles. The van der Waals surface area contributed by atoms with Gasteiger partial charge in [-0.3, -0.25) is 24.6 Å². The Bertz CT molecular complexity index is 2460. The number of piperazine rings is 1. The molecule has 314 valence electrons. The van der Waals surface area contributed by atoms with E-state index in [1.165, 1.54) is 17.2 Å². The third kappa shape index (κ3) is 8.77. The number of rotatable bonds is 11. The van der Waals surface area contributed by atoms with Gasteiger partial charge in [-0.15, -0.1) is 0 Å². The molecule has 0 spiro atoms. The molecule has 3 fully saturated rings. The number of aromatic nitrogens is 4. The number of methoxy groups -OCH3 is 1. The number of nitrogens with one attached hydrogen (secondary N) is 3. The monoisotopic (exact) mass is 855 g/mol. The van der Waals surface area contributed by atoms with Crippen LogP contribution >= 0.6 is 18.7 Å². The van der Waals surface area contributed by atoms with Crippen LogP contribution in [0.25, 0.3) is 11.1 Å². The number of aryl methyl sites for hydroxylation is 1. The molecule has 15 nitrogen and oxygen atoms in total.